The highest BCUT2D eigenvalue weighted by molar-refractivity contribution is 6.75. The van der Waals surface area contributed by atoms with E-state index >= 15 is 0 Å². The van der Waals surface area contributed by atoms with Gasteiger partial charge in [-0.25, -0.2) is 9.67 Å². The van der Waals surface area contributed by atoms with Gasteiger partial charge in [0.25, 0.3) is 0 Å². The van der Waals surface area contributed by atoms with Gasteiger partial charge in [-0.3, -0.25) is 4.79 Å². The lowest BCUT2D eigenvalue weighted by molar-refractivity contribution is -0.0548. The quantitative estimate of drug-likeness (QED) is 0.238. The molecule has 0 saturated carbocycles. The lowest BCUT2D eigenvalue weighted by atomic mass is 10.1. The van der Waals surface area contributed by atoms with Crippen molar-refractivity contribution in [1.82, 2.24) is 14.8 Å². The van der Waals surface area contributed by atoms with E-state index < -0.39 is 37.3 Å². The third-order valence-electron chi connectivity index (χ3n) is 9.07. The van der Waals surface area contributed by atoms with Gasteiger partial charge in [-0.15, -0.1) is 5.10 Å². The second-order valence-corrected chi connectivity index (χ2v) is 29.3. The average molecular weight is 572 g/mol. The summed E-state index contributed by atoms with van der Waals surface area (Å²) in [6, 6.07) is 0. The van der Waals surface area contributed by atoms with Crippen LogP contribution in [0.5, 0.6) is 0 Å². The van der Waals surface area contributed by atoms with Crippen LogP contribution < -0.4 is 0 Å². The maximum atomic E-state index is 11.4. The van der Waals surface area contributed by atoms with Crippen molar-refractivity contribution in [3.05, 3.63) is 12.2 Å². The Labute approximate surface area is 228 Å². The van der Waals surface area contributed by atoms with Crippen LogP contribution in [0.1, 0.15) is 79.2 Å². The Bertz CT molecular complexity index is 929. The van der Waals surface area contributed by atoms with E-state index in [1.807, 2.05) is 0 Å². The number of aldehydes is 1. The molecular weight excluding hydrogens is 519 g/mol. The zero-order valence-electron chi connectivity index (χ0n) is 26.1. The molecule has 0 spiro atoms. The molecule has 4 atom stereocenters. The fraction of sp³-hybridized carbons (Fsp3) is 0.885. The van der Waals surface area contributed by atoms with Crippen molar-refractivity contribution in [3.63, 3.8) is 0 Å². The second-order valence-electron chi connectivity index (χ2n) is 15.0. The Morgan fingerprint density at radius 2 is 1.30 bits per heavy atom. The molecule has 11 heteroatoms. The Balaban J connectivity index is 2.57. The van der Waals surface area contributed by atoms with Crippen molar-refractivity contribution in [2.24, 2.45) is 0 Å². The van der Waals surface area contributed by atoms with Crippen molar-refractivity contribution in [1.29, 1.82) is 0 Å². The number of rotatable bonds is 9. The van der Waals surface area contributed by atoms with Crippen LogP contribution in [0.2, 0.25) is 54.4 Å². The molecule has 214 valence electrons. The van der Waals surface area contributed by atoms with Crippen LogP contribution in [-0.4, -0.2) is 70.9 Å². The minimum atomic E-state index is -2.24. The van der Waals surface area contributed by atoms with Gasteiger partial charge in [-0.2, -0.15) is 0 Å². The molecule has 1 aliphatic rings. The van der Waals surface area contributed by atoms with E-state index in [9.17, 15) is 4.79 Å². The topological polar surface area (TPSA) is 84.7 Å². The third-order valence-corrected chi connectivity index (χ3v) is 22.5. The number of ether oxygens (including phenoxy) is 1. The average Bonchev–Trinajstić information content (AvgIpc) is 3.29. The largest absolute Gasteiger partial charge is 0.414 e. The van der Waals surface area contributed by atoms with Gasteiger partial charge in [0.2, 0.25) is 5.82 Å². The summed E-state index contributed by atoms with van der Waals surface area (Å²) in [4.78, 5) is 15.5. The standard InChI is InChI=1S/C26H53N3O5Si3/c1-24(2,3)35(10,11)31-17-19-21(33-36(12,13)25(4,5)6)22(34-37(14,15)26(7,8)9)23(32-19)29-18-27-20(16-30)28-29/h16,18-19,21-23H,17H2,1-15H3/t19-,21+,22?,23-/m1/s1. The lowest BCUT2D eigenvalue weighted by Crippen LogP contribution is -2.54. The fourth-order valence-electron chi connectivity index (χ4n) is 3.33. The molecular formula is C26H53N3O5Si3. The molecule has 1 aromatic heterocycles. The van der Waals surface area contributed by atoms with Gasteiger partial charge >= 0.3 is 0 Å². The third kappa shape index (κ3) is 7.29. The van der Waals surface area contributed by atoms with Gasteiger partial charge in [-0.05, 0) is 54.4 Å². The number of nitrogens with zero attached hydrogens (tertiary/aromatic N) is 3. The van der Waals surface area contributed by atoms with E-state index in [1.54, 1.807) is 11.0 Å². The summed E-state index contributed by atoms with van der Waals surface area (Å²) >= 11 is 0. The van der Waals surface area contributed by atoms with Gasteiger partial charge in [0.1, 0.15) is 24.6 Å². The zero-order valence-corrected chi connectivity index (χ0v) is 29.1. The predicted octanol–water partition coefficient (Wildman–Crippen LogP) is 6.79. The van der Waals surface area contributed by atoms with E-state index in [0.717, 1.165) is 0 Å². The van der Waals surface area contributed by atoms with Gasteiger partial charge in [-0.1, -0.05) is 62.3 Å². The Morgan fingerprint density at radius 3 is 1.70 bits per heavy atom. The first-order valence-corrected chi connectivity index (χ1v) is 22.2. The van der Waals surface area contributed by atoms with Crippen molar-refractivity contribution in [2.45, 2.75) is 141 Å². The van der Waals surface area contributed by atoms with Crippen molar-refractivity contribution < 1.29 is 22.8 Å². The number of hydrogen-bond acceptors (Lipinski definition) is 7. The highest BCUT2D eigenvalue weighted by atomic mass is 28.4. The summed E-state index contributed by atoms with van der Waals surface area (Å²) in [5, 5.41) is 4.46. The van der Waals surface area contributed by atoms with Crippen LogP contribution in [0, 0.1) is 0 Å². The maximum Gasteiger partial charge on any atom is 0.214 e. The first-order chi connectivity index (χ1) is 16.4. The molecule has 0 aliphatic carbocycles. The van der Waals surface area contributed by atoms with Gasteiger partial charge in [0.05, 0.1) is 6.61 Å². The highest BCUT2D eigenvalue weighted by Gasteiger charge is 2.55. The smallest absolute Gasteiger partial charge is 0.214 e. The monoisotopic (exact) mass is 571 g/mol. The molecule has 1 fully saturated rings. The molecule has 1 saturated heterocycles. The summed E-state index contributed by atoms with van der Waals surface area (Å²) < 4.78 is 29.1. The molecule has 0 radical (unpaired) electrons. The van der Waals surface area contributed by atoms with Crippen LogP contribution >= 0.6 is 0 Å². The molecule has 0 amide bonds. The molecule has 0 N–H and O–H groups in total. The summed E-state index contributed by atoms with van der Waals surface area (Å²) in [5.41, 5.74) is 0. The summed E-state index contributed by atoms with van der Waals surface area (Å²) in [6.45, 7) is 34.0. The molecule has 8 nitrogen and oxygen atoms in total. The van der Waals surface area contributed by atoms with E-state index in [4.69, 9.17) is 18.0 Å². The van der Waals surface area contributed by atoms with Crippen molar-refractivity contribution >= 4 is 31.2 Å². The van der Waals surface area contributed by atoms with Crippen LogP contribution in [0.25, 0.3) is 0 Å². The Kier molecular flexibility index (Phi) is 9.40. The minimum Gasteiger partial charge on any atom is -0.414 e. The van der Waals surface area contributed by atoms with Crippen LogP contribution in [0.15, 0.2) is 6.33 Å². The first-order valence-electron chi connectivity index (χ1n) is 13.4. The molecule has 1 aromatic rings. The van der Waals surface area contributed by atoms with Crippen LogP contribution in [0.4, 0.5) is 0 Å². The fourth-order valence-corrected chi connectivity index (χ4v) is 6.95. The lowest BCUT2D eigenvalue weighted by Gasteiger charge is -2.44. The van der Waals surface area contributed by atoms with Gasteiger partial charge < -0.3 is 18.0 Å². The first kappa shape index (κ1) is 32.5. The maximum absolute atomic E-state index is 11.4. The Morgan fingerprint density at radius 1 is 0.838 bits per heavy atom. The van der Waals surface area contributed by atoms with E-state index in [1.165, 1.54) is 0 Å². The zero-order chi connectivity index (χ0) is 28.8. The molecule has 0 bridgehead atoms. The van der Waals surface area contributed by atoms with E-state index in [0.29, 0.717) is 12.9 Å². The predicted molar refractivity (Wildman–Crippen MR) is 157 cm³/mol. The van der Waals surface area contributed by atoms with Crippen LogP contribution in [-0.2, 0) is 18.0 Å². The van der Waals surface area contributed by atoms with E-state index in [2.05, 4.69) is 112 Å². The number of carbonyl (C=O) groups excluding carboxylic acids is 1. The highest BCUT2D eigenvalue weighted by Crippen LogP contribution is 2.46. The molecule has 0 aromatic carbocycles. The van der Waals surface area contributed by atoms with E-state index in [-0.39, 0.29) is 33.1 Å². The second kappa shape index (κ2) is 10.7. The van der Waals surface area contributed by atoms with Gasteiger partial charge in [0, 0.05) is 0 Å². The number of carbonyl (C=O) groups is 1. The van der Waals surface area contributed by atoms with Gasteiger partial charge in [0.15, 0.2) is 37.5 Å². The SMILES string of the molecule is CC(C)(C)[Si](C)(C)OC[C@H]1O[C@@H](n2cnc(C=O)n2)C(O[Si](C)(C)C(C)(C)C)[C@H]1O[Si](C)(C)C(C)(C)C. The Hall–Kier alpha value is -0.699. The summed E-state index contributed by atoms with van der Waals surface area (Å²) in [7, 11) is -6.48. The molecule has 1 unspecified atom stereocenters. The molecule has 37 heavy (non-hydrogen) atoms. The number of aromatic nitrogens is 3. The molecule has 2 rings (SSSR count). The van der Waals surface area contributed by atoms with Crippen molar-refractivity contribution in [2.75, 3.05) is 6.61 Å². The molecule has 1 aliphatic heterocycles. The summed E-state index contributed by atoms with van der Waals surface area (Å²) in [6.07, 6.45) is 0.538. The number of hydrogen-bond donors (Lipinski definition) is 0. The van der Waals surface area contributed by atoms with Crippen molar-refractivity contribution in [3.8, 4) is 0 Å². The minimum absolute atomic E-state index is 0.00881. The normalized spacial score (nSPS) is 24.5. The molecule has 2 heterocycles. The van der Waals surface area contributed by atoms with Crippen LogP contribution in [0.3, 0.4) is 0 Å². The summed E-state index contributed by atoms with van der Waals surface area (Å²) in [5.74, 6) is 0.123.